The van der Waals surface area contributed by atoms with Crippen molar-refractivity contribution < 1.29 is 4.74 Å². The molecule has 7 nitrogen and oxygen atoms in total. The SMILES string of the molecule is CCOCCCCNC(=NC)NCc1cccc(-c2ncn[nH]2)c1. The normalized spacial score (nSPS) is 11.5. The Balaban J connectivity index is 1.76. The van der Waals surface area contributed by atoms with E-state index in [1.807, 2.05) is 19.1 Å². The zero-order valence-electron chi connectivity index (χ0n) is 14.4. The van der Waals surface area contributed by atoms with Crippen LogP contribution in [0.4, 0.5) is 0 Å². The summed E-state index contributed by atoms with van der Waals surface area (Å²) >= 11 is 0. The molecule has 1 aromatic heterocycles. The van der Waals surface area contributed by atoms with Crippen molar-refractivity contribution in [2.45, 2.75) is 26.3 Å². The predicted molar refractivity (Wildman–Crippen MR) is 95.7 cm³/mol. The van der Waals surface area contributed by atoms with Gasteiger partial charge in [0, 0.05) is 38.9 Å². The Morgan fingerprint density at radius 2 is 2.21 bits per heavy atom. The minimum atomic E-state index is 0.695. The van der Waals surface area contributed by atoms with Crippen molar-refractivity contribution in [3.63, 3.8) is 0 Å². The van der Waals surface area contributed by atoms with E-state index in [-0.39, 0.29) is 0 Å². The molecule has 24 heavy (non-hydrogen) atoms. The highest BCUT2D eigenvalue weighted by Gasteiger charge is 2.03. The molecule has 0 amide bonds. The molecule has 2 rings (SSSR count). The first kappa shape index (κ1) is 17.9. The third kappa shape index (κ3) is 6.00. The largest absolute Gasteiger partial charge is 0.382 e. The third-order valence-corrected chi connectivity index (χ3v) is 3.51. The second kappa shape index (κ2) is 10.4. The predicted octanol–water partition coefficient (Wildman–Crippen LogP) is 1.95. The van der Waals surface area contributed by atoms with Crippen LogP contribution in [-0.2, 0) is 11.3 Å². The van der Waals surface area contributed by atoms with Gasteiger partial charge in [-0.25, -0.2) is 4.98 Å². The van der Waals surface area contributed by atoms with E-state index in [0.717, 1.165) is 55.5 Å². The number of aliphatic imine (C=N–C) groups is 1. The van der Waals surface area contributed by atoms with Crippen LogP contribution in [-0.4, -0.2) is 47.9 Å². The molecule has 0 aliphatic heterocycles. The second-order valence-electron chi connectivity index (χ2n) is 5.29. The number of hydrogen-bond donors (Lipinski definition) is 3. The van der Waals surface area contributed by atoms with Crippen molar-refractivity contribution in [2.75, 3.05) is 26.8 Å². The van der Waals surface area contributed by atoms with Crippen LogP contribution in [0.15, 0.2) is 35.6 Å². The van der Waals surface area contributed by atoms with Crippen molar-refractivity contribution in [3.05, 3.63) is 36.2 Å². The van der Waals surface area contributed by atoms with Gasteiger partial charge in [0.05, 0.1) is 0 Å². The summed E-state index contributed by atoms with van der Waals surface area (Å²) in [6, 6.07) is 8.18. The lowest BCUT2D eigenvalue weighted by Gasteiger charge is -2.12. The van der Waals surface area contributed by atoms with Crippen LogP contribution < -0.4 is 10.6 Å². The fourth-order valence-corrected chi connectivity index (χ4v) is 2.26. The molecule has 0 unspecified atom stereocenters. The lowest BCUT2D eigenvalue weighted by atomic mass is 10.1. The standard InChI is InChI=1S/C17H26N6O/c1-3-24-10-5-4-9-19-17(18-2)20-12-14-7-6-8-15(11-14)16-21-13-22-23-16/h6-8,11,13H,3-5,9-10,12H2,1-2H3,(H2,18,19,20)(H,21,22,23). The minimum Gasteiger partial charge on any atom is -0.382 e. The number of nitrogens with one attached hydrogen (secondary N) is 3. The van der Waals surface area contributed by atoms with Gasteiger partial charge in [-0.1, -0.05) is 18.2 Å². The van der Waals surface area contributed by atoms with Gasteiger partial charge in [0.25, 0.3) is 0 Å². The maximum absolute atomic E-state index is 5.33. The van der Waals surface area contributed by atoms with Gasteiger partial charge >= 0.3 is 0 Å². The van der Waals surface area contributed by atoms with Crippen molar-refractivity contribution in [3.8, 4) is 11.4 Å². The van der Waals surface area contributed by atoms with Gasteiger partial charge in [-0.2, -0.15) is 5.10 Å². The lowest BCUT2D eigenvalue weighted by molar-refractivity contribution is 0.143. The van der Waals surface area contributed by atoms with Crippen LogP contribution in [0.3, 0.4) is 0 Å². The average molecular weight is 330 g/mol. The zero-order chi connectivity index (χ0) is 17.0. The Hall–Kier alpha value is -2.41. The van der Waals surface area contributed by atoms with E-state index < -0.39 is 0 Å². The van der Waals surface area contributed by atoms with Crippen molar-refractivity contribution >= 4 is 5.96 Å². The molecule has 7 heteroatoms. The van der Waals surface area contributed by atoms with Gasteiger partial charge in [0.1, 0.15) is 6.33 Å². The van der Waals surface area contributed by atoms with Crippen LogP contribution in [0.25, 0.3) is 11.4 Å². The van der Waals surface area contributed by atoms with Gasteiger partial charge in [-0.05, 0) is 31.4 Å². The van der Waals surface area contributed by atoms with E-state index in [9.17, 15) is 0 Å². The molecule has 2 aromatic rings. The Bertz CT molecular complexity index is 611. The Kier molecular flexibility index (Phi) is 7.76. The summed E-state index contributed by atoms with van der Waals surface area (Å²) in [5.41, 5.74) is 2.17. The first-order chi connectivity index (χ1) is 11.8. The number of ether oxygens (including phenoxy) is 1. The summed E-state index contributed by atoms with van der Waals surface area (Å²) in [7, 11) is 1.78. The molecule has 1 aromatic carbocycles. The van der Waals surface area contributed by atoms with E-state index in [1.165, 1.54) is 6.33 Å². The number of aromatic nitrogens is 3. The first-order valence-corrected chi connectivity index (χ1v) is 8.30. The molecule has 1 heterocycles. The van der Waals surface area contributed by atoms with Crippen molar-refractivity contribution in [1.82, 2.24) is 25.8 Å². The van der Waals surface area contributed by atoms with Crippen molar-refractivity contribution in [2.24, 2.45) is 4.99 Å². The molecule has 3 N–H and O–H groups in total. The maximum atomic E-state index is 5.33. The van der Waals surface area contributed by atoms with Crippen LogP contribution in [0.1, 0.15) is 25.3 Å². The van der Waals surface area contributed by atoms with Gasteiger partial charge in [-0.15, -0.1) is 0 Å². The van der Waals surface area contributed by atoms with Crippen LogP contribution in [0.2, 0.25) is 0 Å². The summed E-state index contributed by atoms with van der Waals surface area (Å²) in [6.45, 7) is 5.19. The quantitative estimate of drug-likeness (QED) is 0.372. The number of benzene rings is 1. The Labute approximate surface area is 142 Å². The molecule has 130 valence electrons. The number of aromatic amines is 1. The number of nitrogens with zero attached hydrogens (tertiary/aromatic N) is 3. The molecule has 0 fully saturated rings. The van der Waals surface area contributed by atoms with E-state index in [4.69, 9.17) is 4.74 Å². The van der Waals surface area contributed by atoms with Crippen LogP contribution >= 0.6 is 0 Å². The fourth-order valence-electron chi connectivity index (χ4n) is 2.26. The molecular weight excluding hydrogens is 304 g/mol. The summed E-state index contributed by atoms with van der Waals surface area (Å²) < 4.78 is 5.33. The number of unbranched alkanes of at least 4 members (excludes halogenated alkanes) is 1. The molecule has 0 aliphatic rings. The molecule has 0 saturated heterocycles. The molecule has 0 radical (unpaired) electrons. The minimum absolute atomic E-state index is 0.695. The topological polar surface area (TPSA) is 87.2 Å². The monoisotopic (exact) mass is 330 g/mol. The average Bonchev–Trinajstić information content (AvgIpc) is 3.15. The van der Waals surface area contributed by atoms with Crippen LogP contribution in [0.5, 0.6) is 0 Å². The summed E-state index contributed by atoms with van der Waals surface area (Å²) in [6.07, 6.45) is 3.62. The molecular formula is C17H26N6O. The Morgan fingerprint density at radius 3 is 2.96 bits per heavy atom. The van der Waals surface area contributed by atoms with E-state index in [2.05, 4.69) is 42.9 Å². The Morgan fingerprint density at radius 1 is 1.29 bits per heavy atom. The second-order valence-corrected chi connectivity index (χ2v) is 5.29. The lowest BCUT2D eigenvalue weighted by Crippen LogP contribution is -2.37. The number of guanidine groups is 1. The van der Waals surface area contributed by atoms with Crippen molar-refractivity contribution in [1.29, 1.82) is 0 Å². The summed E-state index contributed by atoms with van der Waals surface area (Å²) in [4.78, 5) is 8.42. The molecule has 0 spiro atoms. The molecule has 0 atom stereocenters. The number of H-pyrrole nitrogens is 1. The molecule has 0 bridgehead atoms. The number of hydrogen-bond acceptors (Lipinski definition) is 4. The molecule has 0 aliphatic carbocycles. The van der Waals surface area contributed by atoms with Gasteiger partial charge in [0.2, 0.25) is 0 Å². The highest BCUT2D eigenvalue weighted by atomic mass is 16.5. The van der Waals surface area contributed by atoms with Crippen LogP contribution in [0, 0.1) is 0 Å². The van der Waals surface area contributed by atoms with Gasteiger partial charge < -0.3 is 15.4 Å². The van der Waals surface area contributed by atoms with E-state index in [1.54, 1.807) is 7.05 Å². The zero-order valence-corrected chi connectivity index (χ0v) is 14.4. The highest BCUT2D eigenvalue weighted by Crippen LogP contribution is 2.15. The highest BCUT2D eigenvalue weighted by molar-refractivity contribution is 5.79. The smallest absolute Gasteiger partial charge is 0.191 e. The maximum Gasteiger partial charge on any atom is 0.191 e. The summed E-state index contributed by atoms with van der Waals surface area (Å²) in [5.74, 6) is 1.57. The number of rotatable bonds is 9. The molecule has 0 saturated carbocycles. The van der Waals surface area contributed by atoms with E-state index in [0.29, 0.717) is 6.54 Å². The third-order valence-electron chi connectivity index (χ3n) is 3.51. The van der Waals surface area contributed by atoms with Gasteiger partial charge in [-0.3, -0.25) is 10.1 Å². The first-order valence-electron chi connectivity index (χ1n) is 8.30. The summed E-state index contributed by atoms with van der Waals surface area (Å²) in [5, 5.41) is 13.4. The van der Waals surface area contributed by atoms with E-state index >= 15 is 0 Å². The fraction of sp³-hybridized carbons (Fsp3) is 0.471. The van der Waals surface area contributed by atoms with Gasteiger partial charge in [0.15, 0.2) is 11.8 Å².